The molecule has 1 aromatic heterocycles. The molecule has 0 radical (unpaired) electrons. The maximum Gasteiger partial charge on any atom is 0.410 e. The fraction of sp³-hybridized carbons (Fsp3) is 0.393. The number of ketones is 1. The molecule has 2 unspecified atom stereocenters. The van der Waals surface area contributed by atoms with E-state index in [1.165, 1.54) is 22.3 Å². The number of aryl methyl sites for hydroxylation is 1. The van der Waals surface area contributed by atoms with Gasteiger partial charge >= 0.3 is 6.09 Å². The number of benzene rings is 2. The van der Waals surface area contributed by atoms with Gasteiger partial charge in [-0.2, -0.15) is 5.10 Å². The molecular weight excluding hydrogens is 426 g/mol. The standard InChI is InChI=1S/C28H29N3O3/c1-30-14-13-26(29-30)27(32)18-15-19-7-6-8-20(16-18)31(19)28(33)34-17-25-23-11-4-2-9-21(23)22-10-3-5-12-24(22)25/h2-5,9-14,18-20,25H,6-8,15-17H2,1H3. The minimum Gasteiger partial charge on any atom is -0.448 e. The van der Waals surface area contributed by atoms with Crippen LogP contribution >= 0.6 is 0 Å². The highest BCUT2D eigenvalue weighted by Crippen LogP contribution is 2.45. The van der Waals surface area contributed by atoms with E-state index in [2.05, 4.69) is 41.5 Å². The number of ether oxygens (including phenoxy) is 1. The highest BCUT2D eigenvalue weighted by Gasteiger charge is 2.44. The Balaban J connectivity index is 1.17. The van der Waals surface area contributed by atoms with E-state index in [1.807, 2.05) is 24.1 Å². The second-order valence-corrected chi connectivity index (χ2v) is 9.86. The van der Waals surface area contributed by atoms with Crippen LogP contribution in [0.5, 0.6) is 0 Å². The van der Waals surface area contributed by atoms with Crippen LogP contribution in [0.1, 0.15) is 59.6 Å². The molecule has 6 heteroatoms. The maximum atomic E-state index is 13.3. The van der Waals surface area contributed by atoms with Crippen molar-refractivity contribution in [3.63, 3.8) is 0 Å². The minimum absolute atomic E-state index is 0.0551. The van der Waals surface area contributed by atoms with Gasteiger partial charge in [0.2, 0.25) is 0 Å². The van der Waals surface area contributed by atoms with Crippen molar-refractivity contribution < 1.29 is 14.3 Å². The number of piperidine rings is 2. The molecule has 2 bridgehead atoms. The molecule has 2 aromatic carbocycles. The second-order valence-electron chi connectivity index (χ2n) is 9.86. The number of Topliss-reactive ketones (excluding diaryl/α,β-unsaturated/α-hetero) is 1. The fourth-order valence-electron chi connectivity index (χ4n) is 6.32. The normalized spacial score (nSPS) is 23.3. The van der Waals surface area contributed by atoms with Crippen LogP contribution in [0.15, 0.2) is 60.8 Å². The van der Waals surface area contributed by atoms with Gasteiger partial charge in [0.25, 0.3) is 0 Å². The molecule has 3 aliphatic rings. The molecule has 6 rings (SSSR count). The summed E-state index contributed by atoms with van der Waals surface area (Å²) >= 11 is 0. The zero-order chi connectivity index (χ0) is 23.2. The average molecular weight is 456 g/mol. The largest absolute Gasteiger partial charge is 0.448 e. The quantitative estimate of drug-likeness (QED) is 0.508. The third-order valence-corrected chi connectivity index (χ3v) is 7.86. The van der Waals surface area contributed by atoms with E-state index in [9.17, 15) is 9.59 Å². The predicted octanol–water partition coefficient (Wildman–Crippen LogP) is 5.19. The van der Waals surface area contributed by atoms with Gasteiger partial charge in [-0.1, -0.05) is 48.5 Å². The van der Waals surface area contributed by atoms with Crippen molar-refractivity contribution in [2.75, 3.05) is 6.61 Å². The highest BCUT2D eigenvalue weighted by atomic mass is 16.6. The summed E-state index contributed by atoms with van der Waals surface area (Å²) in [4.78, 5) is 28.3. The minimum atomic E-state index is -0.236. The number of rotatable bonds is 4. The van der Waals surface area contributed by atoms with Gasteiger partial charge in [0.05, 0.1) is 0 Å². The number of nitrogens with zero attached hydrogens (tertiary/aromatic N) is 3. The molecule has 3 aromatic rings. The molecule has 1 aliphatic carbocycles. The first-order valence-electron chi connectivity index (χ1n) is 12.3. The summed E-state index contributed by atoms with van der Waals surface area (Å²) in [7, 11) is 1.82. The Morgan fingerprint density at radius 2 is 1.56 bits per heavy atom. The molecule has 0 saturated carbocycles. The lowest BCUT2D eigenvalue weighted by Gasteiger charge is -2.47. The first-order chi connectivity index (χ1) is 16.6. The van der Waals surface area contributed by atoms with E-state index in [1.54, 1.807) is 16.9 Å². The lowest BCUT2D eigenvalue weighted by molar-refractivity contribution is 0.00640. The second kappa shape index (κ2) is 8.42. The summed E-state index contributed by atoms with van der Waals surface area (Å²) in [6.07, 6.45) is 5.89. The Kier molecular flexibility index (Phi) is 5.24. The van der Waals surface area contributed by atoms with Crippen molar-refractivity contribution in [3.05, 3.63) is 77.6 Å². The lowest BCUT2D eigenvalue weighted by atomic mass is 9.76. The van der Waals surface area contributed by atoms with Crippen LogP contribution in [0.4, 0.5) is 4.79 Å². The molecule has 34 heavy (non-hydrogen) atoms. The first kappa shape index (κ1) is 21.1. The molecular formula is C28H29N3O3. The summed E-state index contributed by atoms with van der Waals surface area (Å²) in [6.45, 7) is 0.332. The van der Waals surface area contributed by atoms with Crippen molar-refractivity contribution >= 4 is 11.9 Å². The predicted molar refractivity (Wildman–Crippen MR) is 129 cm³/mol. The number of hydrogen-bond donors (Lipinski definition) is 0. The van der Waals surface area contributed by atoms with Gasteiger partial charge in [-0.15, -0.1) is 0 Å². The van der Waals surface area contributed by atoms with Gasteiger partial charge in [0.1, 0.15) is 12.3 Å². The molecule has 6 nitrogen and oxygen atoms in total. The average Bonchev–Trinajstić information content (AvgIpc) is 3.42. The Labute approximate surface area is 199 Å². The van der Waals surface area contributed by atoms with Gasteiger partial charge in [-0.05, 0) is 60.4 Å². The summed E-state index contributed by atoms with van der Waals surface area (Å²) in [6, 6.07) is 18.7. The number of carbonyl (C=O) groups is 2. The van der Waals surface area contributed by atoms with Gasteiger partial charge in [0, 0.05) is 37.2 Å². The molecule has 2 aliphatic heterocycles. The van der Waals surface area contributed by atoms with Gasteiger partial charge in [-0.25, -0.2) is 4.79 Å². The van der Waals surface area contributed by atoms with Gasteiger partial charge in [0.15, 0.2) is 5.78 Å². The van der Waals surface area contributed by atoms with E-state index in [-0.39, 0.29) is 35.8 Å². The van der Waals surface area contributed by atoms with Crippen molar-refractivity contribution in [1.29, 1.82) is 0 Å². The van der Waals surface area contributed by atoms with Crippen molar-refractivity contribution in [1.82, 2.24) is 14.7 Å². The van der Waals surface area contributed by atoms with Crippen molar-refractivity contribution in [3.8, 4) is 11.1 Å². The number of carbonyl (C=O) groups excluding carboxylic acids is 2. The van der Waals surface area contributed by atoms with Crippen LogP contribution in [0.25, 0.3) is 11.1 Å². The zero-order valence-electron chi connectivity index (χ0n) is 19.4. The number of amides is 1. The molecule has 0 spiro atoms. The molecule has 2 fully saturated rings. The highest BCUT2D eigenvalue weighted by molar-refractivity contribution is 5.96. The monoisotopic (exact) mass is 455 g/mol. The van der Waals surface area contributed by atoms with Crippen molar-refractivity contribution in [2.24, 2.45) is 13.0 Å². The zero-order valence-corrected chi connectivity index (χ0v) is 19.4. The molecule has 1 amide bonds. The Morgan fingerprint density at radius 1 is 0.941 bits per heavy atom. The van der Waals surface area contributed by atoms with E-state index in [4.69, 9.17) is 4.74 Å². The number of fused-ring (bicyclic) bond motifs is 5. The van der Waals surface area contributed by atoms with Gasteiger partial charge in [-0.3, -0.25) is 9.48 Å². The fourth-order valence-corrected chi connectivity index (χ4v) is 6.32. The third-order valence-electron chi connectivity index (χ3n) is 7.86. The molecule has 0 N–H and O–H groups in total. The van der Waals surface area contributed by atoms with Crippen LogP contribution in [0.3, 0.4) is 0 Å². The van der Waals surface area contributed by atoms with E-state index >= 15 is 0 Å². The Bertz CT molecular complexity index is 1190. The van der Waals surface area contributed by atoms with E-state index in [0.717, 1.165) is 19.3 Å². The van der Waals surface area contributed by atoms with Crippen molar-refractivity contribution in [2.45, 2.75) is 50.1 Å². The van der Waals surface area contributed by atoms with Gasteiger partial charge < -0.3 is 9.64 Å². The smallest absolute Gasteiger partial charge is 0.410 e. The first-order valence-corrected chi connectivity index (χ1v) is 12.3. The lowest BCUT2D eigenvalue weighted by Crippen LogP contribution is -2.56. The SMILES string of the molecule is Cn1ccc(C(=O)C2CC3CCCC(C2)N3C(=O)OCC2c3ccccc3-c3ccccc32)n1. The summed E-state index contributed by atoms with van der Waals surface area (Å²) in [5.41, 5.74) is 5.42. The van der Waals surface area contributed by atoms with E-state index < -0.39 is 0 Å². The topological polar surface area (TPSA) is 64.4 Å². The number of aromatic nitrogens is 2. The maximum absolute atomic E-state index is 13.3. The summed E-state index contributed by atoms with van der Waals surface area (Å²) in [5.74, 6) is 0.0759. The van der Waals surface area contributed by atoms with Crippen LogP contribution in [-0.2, 0) is 11.8 Å². The van der Waals surface area contributed by atoms with Crippen LogP contribution in [-0.4, -0.2) is 45.2 Å². The van der Waals surface area contributed by atoms with Crippen LogP contribution < -0.4 is 0 Å². The Morgan fingerprint density at radius 3 is 2.15 bits per heavy atom. The summed E-state index contributed by atoms with van der Waals surface area (Å²) < 4.78 is 7.65. The Hall–Kier alpha value is -3.41. The third kappa shape index (κ3) is 3.52. The molecule has 2 atom stereocenters. The molecule has 2 saturated heterocycles. The van der Waals surface area contributed by atoms with E-state index in [0.29, 0.717) is 25.1 Å². The number of hydrogen-bond acceptors (Lipinski definition) is 4. The van der Waals surface area contributed by atoms with Crippen LogP contribution in [0.2, 0.25) is 0 Å². The van der Waals surface area contributed by atoms with Crippen LogP contribution in [0, 0.1) is 5.92 Å². The molecule has 3 heterocycles. The summed E-state index contributed by atoms with van der Waals surface area (Å²) in [5, 5.41) is 4.31. The molecule has 174 valence electrons.